The van der Waals surface area contributed by atoms with Crippen molar-refractivity contribution >= 4 is 33.0 Å². The monoisotopic (exact) mass is 437 g/mol. The number of carbonyl (C=O) groups is 1. The van der Waals surface area contributed by atoms with Gasteiger partial charge in [-0.25, -0.2) is 4.79 Å². The van der Waals surface area contributed by atoms with Crippen molar-refractivity contribution in [1.82, 2.24) is 15.5 Å². The molecule has 0 bridgehead atoms. The predicted molar refractivity (Wildman–Crippen MR) is 109 cm³/mol. The second kappa shape index (κ2) is 7.82. The average molecular weight is 438 g/mol. The fourth-order valence-electron chi connectivity index (χ4n) is 3.23. The molecule has 6 nitrogen and oxygen atoms in total. The molecule has 0 saturated heterocycles. The molecule has 2 heterocycles. The summed E-state index contributed by atoms with van der Waals surface area (Å²) in [4.78, 5) is 15.8. The Bertz CT molecular complexity index is 1130. The summed E-state index contributed by atoms with van der Waals surface area (Å²) in [6.07, 6.45) is 1.00. The molecule has 0 aliphatic carbocycles. The van der Waals surface area contributed by atoms with Crippen molar-refractivity contribution < 1.29 is 14.4 Å². The number of pyridine rings is 1. The third-order valence-electron chi connectivity index (χ3n) is 4.46. The molecule has 1 unspecified atom stereocenters. The number of hydrogen-bond donors (Lipinski definition) is 2. The molecule has 1 atom stereocenters. The lowest BCUT2D eigenvalue weighted by molar-refractivity contribution is 0.189. The summed E-state index contributed by atoms with van der Waals surface area (Å²) < 4.78 is 6.30. The molecule has 0 fully saturated rings. The number of halogens is 1. The van der Waals surface area contributed by atoms with Crippen LogP contribution >= 0.6 is 15.9 Å². The summed E-state index contributed by atoms with van der Waals surface area (Å²) in [6.45, 7) is 0. The van der Waals surface area contributed by atoms with Gasteiger partial charge in [-0.3, -0.25) is 4.98 Å². The maximum atomic E-state index is 11.5. The van der Waals surface area contributed by atoms with Gasteiger partial charge >= 0.3 is 6.09 Å². The van der Waals surface area contributed by atoms with Crippen LogP contribution in [-0.4, -0.2) is 21.3 Å². The number of para-hydroxylation sites is 1. The number of nitrogens with zero attached hydrogens (tertiary/aromatic N) is 2. The van der Waals surface area contributed by atoms with Gasteiger partial charge in [0.25, 0.3) is 0 Å². The van der Waals surface area contributed by atoms with Crippen molar-refractivity contribution in [3.05, 3.63) is 82.6 Å². The van der Waals surface area contributed by atoms with Crippen LogP contribution in [0.3, 0.4) is 0 Å². The van der Waals surface area contributed by atoms with Crippen LogP contribution < -0.4 is 5.32 Å². The van der Waals surface area contributed by atoms with Crippen molar-refractivity contribution in [2.24, 2.45) is 0 Å². The molecule has 1 amide bonds. The van der Waals surface area contributed by atoms with Crippen LogP contribution in [0, 0.1) is 0 Å². The molecule has 0 radical (unpaired) electrons. The first-order chi connectivity index (χ1) is 13.6. The molecule has 2 N–H and O–H groups in total. The molecule has 0 aliphatic rings. The Labute approximate surface area is 169 Å². The van der Waals surface area contributed by atoms with Gasteiger partial charge in [0.15, 0.2) is 5.58 Å². The third-order valence-corrected chi connectivity index (χ3v) is 4.95. The molecule has 2 aromatic carbocycles. The highest BCUT2D eigenvalue weighted by atomic mass is 79.9. The first kappa shape index (κ1) is 18.2. The Morgan fingerprint density at radius 1 is 1.14 bits per heavy atom. The Hall–Kier alpha value is -3.19. The van der Waals surface area contributed by atoms with Gasteiger partial charge in [0.05, 0.1) is 6.04 Å². The Morgan fingerprint density at radius 3 is 2.75 bits per heavy atom. The summed E-state index contributed by atoms with van der Waals surface area (Å²) in [6, 6.07) is 18.4. The fraction of sp³-hybridized carbons (Fsp3) is 0.0952. The van der Waals surface area contributed by atoms with Gasteiger partial charge in [-0.05, 0) is 42.0 Å². The summed E-state index contributed by atoms with van der Waals surface area (Å²) in [5.41, 5.74) is 3.75. The van der Waals surface area contributed by atoms with E-state index in [-0.39, 0.29) is 0 Å². The van der Waals surface area contributed by atoms with Crippen molar-refractivity contribution in [2.45, 2.75) is 12.5 Å². The summed E-state index contributed by atoms with van der Waals surface area (Å²) in [5, 5.41) is 17.1. The van der Waals surface area contributed by atoms with Gasteiger partial charge in [-0.15, -0.1) is 0 Å². The zero-order valence-electron chi connectivity index (χ0n) is 14.7. The topological polar surface area (TPSA) is 88.2 Å². The summed E-state index contributed by atoms with van der Waals surface area (Å²) >= 11 is 3.49. The lowest BCUT2D eigenvalue weighted by Crippen LogP contribution is -2.29. The third kappa shape index (κ3) is 3.75. The van der Waals surface area contributed by atoms with E-state index in [0.29, 0.717) is 17.7 Å². The first-order valence-electron chi connectivity index (χ1n) is 8.65. The van der Waals surface area contributed by atoms with Gasteiger partial charge in [0.1, 0.15) is 5.69 Å². The quantitative estimate of drug-likeness (QED) is 0.447. The largest absolute Gasteiger partial charge is 0.465 e. The van der Waals surface area contributed by atoms with Gasteiger partial charge in [0, 0.05) is 33.7 Å². The second-order valence-electron chi connectivity index (χ2n) is 6.29. The standard InChI is InChI=1S/C21H16BrN3O3/c22-13-8-9-15(20-16-6-1-2-7-19(16)28-25-20)17(11-13)18(24-21(26)27)12-14-5-3-4-10-23-14/h1-11,18,24H,12H2,(H,26,27). The van der Waals surface area contributed by atoms with Crippen LogP contribution in [0.1, 0.15) is 17.3 Å². The molecule has 140 valence electrons. The van der Waals surface area contributed by atoms with E-state index in [1.165, 1.54) is 0 Å². The van der Waals surface area contributed by atoms with E-state index in [2.05, 4.69) is 31.4 Å². The van der Waals surface area contributed by atoms with Crippen LogP contribution in [0.25, 0.3) is 22.2 Å². The van der Waals surface area contributed by atoms with E-state index in [1.807, 2.05) is 60.7 Å². The van der Waals surface area contributed by atoms with Gasteiger partial charge in [0.2, 0.25) is 0 Å². The molecule has 0 aliphatic heterocycles. The van der Waals surface area contributed by atoms with E-state index in [0.717, 1.165) is 26.7 Å². The maximum Gasteiger partial charge on any atom is 0.405 e. The molecule has 7 heteroatoms. The molecule has 28 heavy (non-hydrogen) atoms. The second-order valence-corrected chi connectivity index (χ2v) is 7.20. The molecular weight excluding hydrogens is 422 g/mol. The maximum absolute atomic E-state index is 11.5. The van der Waals surface area contributed by atoms with Gasteiger partial charge in [-0.1, -0.05) is 45.4 Å². The minimum absolute atomic E-state index is 0.409. The first-order valence-corrected chi connectivity index (χ1v) is 9.45. The van der Waals surface area contributed by atoms with E-state index in [4.69, 9.17) is 4.52 Å². The summed E-state index contributed by atoms with van der Waals surface area (Å²) in [5.74, 6) is 0. The molecule has 2 aromatic heterocycles. The van der Waals surface area contributed by atoms with Crippen LogP contribution in [0.15, 0.2) is 75.9 Å². The average Bonchev–Trinajstić information content (AvgIpc) is 3.12. The number of rotatable bonds is 5. The van der Waals surface area contributed by atoms with Crippen LogP contribution in [0.2, 0.25) is 0 Å². The minimum atomic E-state index is -1.10. The normalized spacial score (nSPS) is 12.0. The van der Waals surface area contributed by atoms with E-state index >= 15 is 0 Å². The summed E-state index contributed by atoms with van der Waals surface area (Å²) in [7, 11) is 0. The lowest BCUT2D eigenvalue weighted by Gasteiger charge is -2.20. The zero-order chi connectivity index (χ0) is 19.5. The van der Waals surface area contributed by atoms with Crippen LogP contribution in [-0.2, 0) is 6.42 Å². The Kier molecular flexibility index (Phi) is 5.08. The molecule has 0 spiro atoms. The minimum Gasteiger partial charge on any atom is -0.465 e. The number of carboxylic acid groups (broad SMARTS) is 1. The lowest BCUT2D eigenvalue weighted by atomic mass is 9.93. The van der Waals surface area contributed by atoms with Crippen molar-refractivity contribution in [1.29, 1.82) is 0 Å². The van der Waals surface area contributed by atoms with Crippen molar-refractivity contribution in [2.75, 3.05) is 0 Å². The zero-order valence-corrected chi connectivity index (χ0v) is 16.3. The van der Waals surface area contributed by atoms with Crippen LogP contribution in [0.5, 0.6) is 0 Å². The SMILES string of the molecule is O=C(O)NC(Cc1ccccn1)c1cc(Br)ccc1-c1noc2ccccc12. The smallest absolute Gasteiger partial charge is 0.405 e. The van der Waals surface area contributed by atoms with Gasteiger partial charge in [-0.2, -0.15) is 0 Å². The fourth-order valence-corrected chi connectivity index (χ4v) is 3.61. The molecule has 0 saturated carbocycles. The molecule has 4 rings (SSSR count). The molecular formula is C21H16BrN3O3. The van der Waals surface area contributed by atoms with Gasteiger partial charge < -0.3 is 14.9 Å². The number of fused-ring (bicyclic) bond motifs is 1. The molecule has 4 aromatic rings. The van der Waals surface area contributed by atoms with E-state index in [9.17, 15) is 9.90 Å². The Balaban J connectivity index is 1.84. The Morgan fingerprint density at radius 2 is 1.96 bits per heavy atom. The number of aromatic nitrogens is 2. The number of benzene rings is 2. The van der Waals surface area contributed by atoms with E-state index < -0.39 is 12.1 Å². The van der Waals surface area contributed by atoms with E-state index in [1.54, 1.807) is 6.20 Å². The number of amides is 1. The highest BCUT2D eigenvalue weighted by molar-refractivity contribution is 9.10. The highest BCUT2D eigenvalue weighted by Gasteiger charge is 2.22. The predicted octanol–water partition coefficient (Wildman–Crippen LogP) is 5.20. The van der Waals surface area contributed by atoms with Crippen molar-refractivity contribution in [3.63, 3.8) is 0 Å². The van der Waals surface area contributed by atoms with Crippen molar-refractivity contribution in [3.8, 4) is 11.3 Å². The highest BCUT2D eigenvalue weighted by Crippen LogP contribution is 2.35. The number of nitrogens with one attached hydrogen (secondary N) is 1. The van der Waals surface area contributed by atoms with Crippen LogP contribution in [0.4, 0.5) is 4.79 Å². The number of hydrogen-bond acceptors (Lipinski definition) is 4.